The van der Waals surface area contributed by atoms with Crippen LogP contribution in [0.1, 0.15) is 10.4 Å². The average molecular weight is 420 g/mol. The van der Waals surface area contributed by atoms with Crippen LogP contribution in [0.5, 0.6) is 5.75 Å². The molecule has 0 saturated carbocycles. The fourth-order valence-corrected chi connectivity index (χ4v) is 3.93. The monoisotopic (exact) mass is 419 g/mol. The van der Waals surface area contributed by atoms with Crippen molar-refractivity contribution in [2.45, 2.75) is 0 Å². The fourth-order valence-electron chi connectivity index (χ4n) is 2.93. The molecule has 6 heteroatoms. The number of para-hydroxylation sites is 1. The zero-order valence-electron chi connectivity index (χ0n) is 17.5. The van der Waals surface area contributed by atoms with Crippen molar-refractivity contribution < 1.29 is 9.53 Å². The number of nitrogens with zero attached hydrogens (tertiary/aromatic N) is 2. The molecular formula is C24H25N3O2S. The van der Waals surface area contributed by atoms with Gasteiger partial charge < -0.3 is 15.0 Å². The van der Waals surface area contributed by atoms with Gasteiger partial charge in [-0.3, -0.25) is 4.79 Å². The highest BCUT2D eigenvalue weighted by Gasteiger charge is 2.07. The third-order valence-electron chi connectivity index (χ3n) is 4.56. The lowest BCUT2D eigenvalue weighted by atomic mass is 10.2. The number of anilines is 2. The van der Waals surface area contributed by atoms with Crippen molar-refractivity contribution in [3.8, 4) is 16.3 Å². The van der Waals surface area contributed by atoms with Crippen molar-refractivity contribution >= 4 is 39.2 Å². The van der Waals surface area contributed by atoms with Crippen LogP contribution >= 0.6 is 11.3 Å². The molecule has 4 rings (SSSR count). The number of nitrogens with one attached hydrogen (secondary N) is 1. The summed E-state index contributed by atoms with van der Waals surface area (Å²) < 4.78 is 6.38. The number of hydrogen-bond acceptors (Lipinski definition) is 6. The van der Waals surface area contributed by atoms with Gasteiger partial charge in [0.15, 0.2) is 6.29 Å². The van der Waals surface area contributed by atoms with Gasteiger partial charge in [0, 0.05) is 43.6 Å². The van der Waals surface area contributed by atoms with Crippen molar-refractivity contribution in [2.75, 3.05) is 38.5 Å². The molecule has 0 unspecified atom stereocenters. The quantitative estimate of drug-likeness (QED) is 0.428. The van der Waals surface area contributed by atoms with Crippen molar-refractivity contribution in [2.24, 2.45) is 0 Å². The summed E-state index contributed by atoms with van der Waals surface area (Å²) in [6, 6.07) is 21.8. The van der Waals surface area contributed by atoms with Crippen LogP contribution in [0.25, 0.3) is 20.8 Å². The first-order chi connectivity index (χ1) is 14.5. The molecule has 1 aromatic heterocycles. The lowest BCUT2D eigenvalue weighted by molar-refractivity contribution is 0.112. The molecule has 5 nitrogen and oxygen atoms in total. The number of carbonyl (C=O) groups is 1. The lowest BCUT2D eigenvalue weighted by Gasteiger charge is -2.13. The topological polar surface area (TPSA) is 54.5 Å². The maximum atomic E-state index is 10.5. The molecule has 0 aliphatic rings. The molecule has 30 heavy (non-hydrogen) atoms. The number of thiazole rings is 1. The Hall–Kier alpha value is -3.38. The Morgan fingerprint density at radius 3 is 2.37 bits per heavy atom. The van der Waals surface area contributed by atoms with E-state index in [9.17, 15) is 4.79 Å². The number of methoxy groups -OCH3 is 1. The summed E-state index contributed by atoms with van der Waals surface area (Å²) >= 11 is 1.68. The van der Waals surface area contributed by atoms with Gasteiger partial charge in [0.2, 0.25) is 0 Å². The van der Waals surface area contributed by atoms with E-state index < -0.39 is 0 Å². The van der Waals surface area contributed by atoms with E-state index in [1.807, 2.05) is 68.5 Å². The summed E-state index contributed by atoms with van der Waals surface area (Å²) in [4.78, 5) is 17.1. The minimum absolute atomic E-state index is 0.734. The van der Waals surface area contributed by atoms with Gasteiger partial charge in [0.05, 0.1) is 17.3 Å². The van der Waals surface area contributed by atoms with Crippen LogP contribution in [0.2, 0.25) is 0 Å². The van der Waals surface area contributed by atoms with Crippen LogP contribution in [0.15, 0.2) is 66.7 Å². The average Bonchev–Trinajstić information content (AvgIpc) is 3.22. The van der Waals surface area contributed by atoms with Crippen molar-refractivity contribution in [3.63, 3.8) is 0 Å². The summed E-state index contributed by atoms with van der Waals surface area (Å²) in [5.41, 5.74) is 4.95. The SMILES string of the molecule is CN(C)c1ccccc1C=O.CNc1ccc(-c2nc3ccc(OC)cc3s2)cc1. The van der Waals surface area contributed by atoms with E-state index in [0.717, 1.165) is 49.8 Å². The highest BCUT2D eigenvalue weighted by Crippen LogP contribution is 2.32. The molecule has 0 aliphatic heterocycles. The molecule has 0 aliphatic carbocycles. The number of carbonyl (C=O) groups excluding carboxylic acids is 1. The van der Waals surface area contributed by atoms with Crippen LogP contribution in [-0.4, -0.2) is 39.5 Å². The molecular weight excluding hydrogens is 394 g/mol. The number of benzene rings is 3. The van der Waals surface area contributed by atoms with Crippen LogP contribution in [-0.2, 0) is 0 Å². The van der Waals surface area contributed by atoms with Gasteiger partial charge in [-0.05, 0) is 54.6 Å². The molecule has 0 radical (unpaired) electrons. The van der Waals surface area contributed by atoms with E-state index in [4.69, 9.17) is 4.74 Å². The van der Waals surface area contributed by atoms with Crippen LogP contribution < -0.4 is 15.0 Å². The smallest absolute Gasteiger partial charge is 0.152 e. The maximum Gasteiger partial charge on any atom is 0.152 e. The number of fused-ring (bicyclic) bond motifs is 1. The summed E-state index contributed by atoms with van der Waals surface area (Å²) in [5, 5.41) is 4.15. The molecule has 3 aromatic carbocycles. The second kappa shape index (κ2) is 9.89. The Morgan fingerprint density at radius 1 is 1.03 bits per heavy atom. The van der Waals surface area contributed by atoms with Gasteiger partial charge in [-0.25, -0.2) is 4.98 Å². The molecule has 154 valence electrons. The van der Waals surface area contributed by atoms with Crippen LogP contribution in [0.4, 0.5) is 11.4 Å². The largest absolute Gasteiger partial charge is 0.497 e. The van der Waals surface area contributed by atoms with Gasteiger partial charge in [0.1, 0.15) is 10.8 Å². The molecule has 1 N–H and O–H groups in total. The summed E-state index contributed by atoms with van der Waals surface area (Å²) in [5.74, 6) is 0.869. The van der Waals surface area contributed by atoms with Crippen molar-refractivity contribution in [1.82, 2.24) is 4.98 Å². The fraction of sp³-hybridized carbons (Fsp3) is 0.167. The second-order valence-corrected chi connectivity index (χ2v) is 7.78. The van der Waals surface area contributed by atoms with Crippen LogP contribution in [0.3, 0.4) is 0 Å². The van der Waals surface area contributed by atoms with E-state index in [-0.39, 0.29) is 0 Å². The predicted octanol–water partition coefficient (Wildman–Crippen LogP) is 5.58. The van der Waals surface area contributed by atoms with Crippen LogP contribution in [0, 0.1) is 0 Å². The Kier molecular flexibility index (Phi) is 7.03. The third-order valence-corrected chi connectivity index (χ3v) is 5.63. The summed E-state index contributed by atoms with van der Waals surface area (Å²) in [6.07, 6.45) is 0.870. The molecule has 1 heterocycles. The number of ether oxygens (including phenoxy) is 1. The first kappa shape index (κ1) is 21.3. The molecule has 0 atom stereocenters. The minimum atomic E-state index is 0.734. The van der Waals surface area contributed by atoms with E-state index in [0.29, 0.717) is 0 Å². The van der Waals surface area contributed by atoms with Gasteiger partial charge >= 0.3 is 0 Å². The first-order valence-electron chi connectivity index (χ1n) is 9.50. The first-order valence-corrected chi connectivity index (χ1v) is 10.3. The highest BCUT2D eigenvalue weighted by atomic mass is 32.1. The molecule has 4 aromatic rings. The van der Waals surface area contributed by atoms with E-state index in [1.165, 1.54) is 0 Å². The zero-order valence-corrected chi connectivity index (χ0v) is 18.4. The maximum absolute atomic E-state index is 10.5. The van der Waals surface area contributed by atoms with Crippen molar-refractivity contribution in [1.29, 1.82) is 0 Å². The molecule has 0 saturated heterocycles. The summed E-state index contributed by atoms with van der Waals surface area (Å²) in [7, 11) is 7.43. The molecule has 0 spiro atoms. The van der Waals surface area contributed by atoms with E-state index >= 15 is 0 Å². The molecule has 0 bridgehead atoms. The normalized spacial score (nSPS) is 10.1. The zero-order chi connectivity index (χ0) is 21.5. The van der Waals surface area contributed by atoms with Crippen molar-refractivity contribution in [3.05, 3.63) is 72.3 Å². The Labute approximate surface area is 181 Å². The highest BCUT2D eigenvalue weighted by molar-refractivity contribution is 7.21. The van der Waals surface area contributed by atoms with Gasteiger partial charge in [-0.1, -0.05) is 12.1 Å². The molecule has 0 fully saturated rings. The Balaban J connectivity index is 0.000000199. The predicted molar refractivity (Wildman–Crippen MR) is 127 cm³/mol. The lowest BCUT2D eigenvalue weighted by Crippen LogP contribution is -2.10. The Morgan fingerprint density at radius 2 is 1.77 bits per heavy atom. The van der Waals surface area contributed by atoms with Gasteiger partial charge in [-0.2, -0.15) is 0 Å². The van der Waals surface area contributed by atoms with Gasteiger partial charge in [-0.15, -0.1) is 11.3 Å². The third kappa shape index (κ3) is 4.96. The minimum Gasteiger partial charge on any atom is -0.497 e. The van der Waals surface area contributed by atoms with E-state index in [2.05, 4.69) is 34.6 Å². The number of aldehydes is 1. The standard InChI is InChI=1S/C15H14N2OS.C9H11NO/c1-16-11-5-3-10(4-6-11)15-17-13-8-7-12(18-2)9-14(13)19-15;1-10(2)9-6-4-3-5-8(9)7-11/h3-9,16H,1-2H3;3-7H,1-2H3. The van der Waals surface area contributed by atoms with E-state index in [1.54, 1.807) is 18.4 Å². The number of aromatic nitrogens is 1. The number of rotatable bonds is 5. The van der Waals surface area contributed by atoms with Gasteiger partial charge in [0.25, 0.3) is 0 Å². The second-order valence-electron chi connectivity index (χ2n) is 6.75. The Bertz CT molecular complexity index is 1120. The number of hydrogen-bond donors (Lipinski definition) is 1. The molecule has 0 amide bonds. The summed E-state index contributed by atoms with van der Waals surface area (Å²) in [6.45, 7) is 0.